The summed E-state index contributed by atoms with van der Waals surface area (Å²) < 4.78 is 13.9. The van der Waals surface area contributed by atoms with Crippen LogP contribution >= 0.6 is 11.6 Å². The topological polar surface area (TPSA) is 53.9 Å². The number of likely N-dealkylation sites (N-methyl/N-ethyl adjacent to an activating group) is 1. The molecular formula is C21H26ClFN3O2+. The lowest BCUT2D eigenvalue weighted by Gasteiger charge is -2.19. The molecule has 0 aromatic heterocycles. The van der Waals surface area contributed by atoms with Crippen LogP contribution in [0.15, 0.2) is 42.5 Å². The van der Waals surface area contributed by atoms with Gasteiger partial charge in [-0.25, -0.2) is 4.39 Å². The second-order valence-electron chi connectivity index (χ2n) is 6.62. The second kappa shape index (κ2) is 10.2. The Hall–Kier alpha value is -2.44. The molecule has 2 amide bonds. The summed E-state index contributed by atoms with van der Waals surface area (Å²) in [5.41, 5.74) is 1.47. The summed E-state index contributed by atoms with van der Waals surface area (Å²) in [4.78, 5) is 27.3. The fourth-order valence-electron chi connectivity index (χ4n) is 2.97. The van der Waals surface area contributed by atoms with Gasteiger partial charge in [-0.2, -0.15) is 0 Å². The van der Waals surface area contributed by atoms with Gasteiger partial charge in [0.15, 0.2) is 6.54 Å². The number of hydrogen-bond acceptors (Lipinski definition) is 2. The number of carbonyl (C=O) groups excluding carboxylic acids is 2. The Morgan fingerprint density at radius 1 is 1.14 bits per heavy atom. The SMILES string of the molecule is CCN(CC)C(=O)c1cccc(NC(=O)C[NH+](C)Cc2c(F)cccc2Cl)c1. The van der Waals surface area contributed by atoms with Gasteiger partial charge in [-0.05, 0) is 44.2 Å². The van der Waals surface area contributed by atoms with Crippen molar-refractivity contribution in [1.29, 1.82) is 0 Å². The molecule has 1 atom stereocenters. The van der Waals surface area contributed by atoms with Crippen LogP contribution in [0.1, 0.15) is 29.8 Å². The molecule has 2 aromatic carbocycles. The first-order chi connectivity index (χ1) is 13.3. The van der Waals surface area contributed by atoms with Gasteiger partial charge >= 0.3 is 0 Å². The van der Waals surface area contributed by atoms with Crippen molar-refractivity contribution >= 4 is 29.1 Å². The number of benzene rings is 2. The van der Waals surface area contributed by atoms with E-state index >= 15 is 0 Å². The van der Waals surface area contributed by atoms with Crippen LogP contribution in [-0.2, 0) is 11.3 Å². The highest BCUT2D eigenvalue weighted by Gasteiger charge is 2.17. The normalized spacial score (nSPS) is 11.8. The van der Waals surface area contributed by atoms with Crippen LogP contribution in [0.5, 0.6) is 0 Å². The zero-order valence-corrected chi connectivity index (χ0v) is 17.1. The van der Waals surface area contributed by atoms with Crippen molar-refractivity contribution < 1.29 is 18.9 Å². The summed E-state index contributed by atoms with van der Waals surface area (Å²) in [6, 6.07) is 11.4. The molecule has 1 unspecified atom stereocenters. The highest BCUT2D eigenvalue weighted by molar-refractivity contribution is 6.31. The highest BCUT2D eigenvalue weighted by Crippen LogP contribution is 2.17. The molecule has 5 nitrogen and oxygen atoms in total. The van der Waals surface area contributed by atoms with Crippen molar-refractivity contribution in [2.75, 3.05) is 32.0 Å². The Labute approximate surface area is 170 Å². The first-order valence-corrected chi connectivity index (χ1v) is 9.66. The van der Waals surface area contributed by atoms with Crippen LogP contribution < -0.4 is 10.2 Å². The lowest BCUT2D eigenvalue weighted by atomic mass is 10.1. The molecule has 0 aliphatic heterocycles. The summed E-state index contributed by atoms with van der Waals surface area (Å²) >= 11 is 6.05. The molecule has 2 aromatic rings. The molecule has 0 bridgehead atoms. The molecule has 0 radical (unpaired) electrons. The van der Waals surface area contributed by atoms with Crippen LogP contribution in [0.2, 0.25) is 5.02 Å². The van der Waals surface area contributed by atoms with Crippen LogP contribution in [0.3, 0.4) is 0 Å². The van der Waals surface area contributed by atoms with E-state index in [0.29, 0.717) is 41.5 Å². The Bertz CT molecular complexity index is 820. The summed E-state index contributed by atoms with van der Waals surface area (Å²) in [7, 11) is 1.79. The van der Waals surface area contributed by atoms with Gasteiger partial charge in [0, 0.05) is 24.3 Å². The van der Waals surface area contributed by atoms with Crippen molar-refractivity contribution in [2.24, 2.45) is 0 Å². The van der Waals surface area contributed by atoms with E-state index in [1.165, 1.54) is 6.07 Å². The third-order valence-corrected chi connectivity index (χ3v) is 4.80. The number of nitrogens with zero attached hydrogens (tertiary/aromatic N) is 1. The molecule has 0 heterocycles. The summed E-state index contributed by atoms with van der Waals surface area (Å²) in [5, 5.41) is 3.15. The Morgan fingerprint density at radius 2 is 1.82 bits per heavy atom. The second-order valence-corrected chi connectivity index (χ2v) is 7.02. The predicted octanol–water partition coefficient (Wildman–Crippen LogP) is 2.61. The molecule has 7 heteroatoms. The quantitative estimate of drug-likeness (QED) is 0.708. The lowest BCUT2D eigenvalue weighted by Crippen LogP contribution is -3.08. The smallest absolute Gasteiger partial charge is 0.279 e. The van der Waals surface area contributed by atoms with Gasteiger partial charge in [0.2, 0.25) is 0 Å². The van der Waals surface area contributed by atoms with Crippen molar-refractivity contribution in [3.63, 3.8) is 0 Å². The predicted molar refractivity (Wildman–Crippen MR) is 109 cm³/mol. The Balaban J connectivity index is 1.99. The number of hydrogen-bond donors (Lipinski definition) is 2. The van der Waals surface area contributed by atoms with Crippen molar-refractivity contribution in [3.05, 3.63) is 64.4 Å². The van der Waals surface area contributed by atoms with Gasteiger partial charge < -0.3 is 15.1 Å². The molecule has 0 saturated heterocycles. The minimum Gasteiger partial charge on any atom is -0.339 e. The van der Waals surface area contributed by atoms with E-state index in [-0.39, 0.29) is 24.2 Å². The number of rotatable bonds is 8. The average Bonchev–Trinajstić information content (AvgIpc) is 2.65. The van der Waals surface area contributed by atoms with Gasteiger partial charge in [-0.15, -0.1) is 0 Å². The van der Waals surface area contributed by atoms with E-state index in [2.05, 4.69) is 5.32 Å². The Kier molecular flexibility index (Phi) is 7.96. The average molecular weight is 407 g/mol. The fraction of sp³-hybridized carbons (Fsp3) is 0.333. The zero-order chi connectivity index (χ0) is 20.7. The minimum absolute atomic E-state index is 0.0713. The largest absolute Gasteiger partial charge is 0.339 e. The van der Waals surface area contributed by atoms with E-state index in [1.54, 1.807) is 48.3 Å². The first kappa shape index (κ1) is 21.9. The van der Waals surface area contributed by atoms with Crippen LogP contribution in [-0.4, -0.2) is 43.4 Å². The van der Waals surface area contributed by atoms with Crippen molar-refractivity contribution in [3.8, 4) is 0 Å². The summed E-state index contributed by atoms with van der Waals surface area (Å²) in [5.74, 6) is -0.676. The molecule has 150 valence electrons. The zero-order valence-electron chi connectivity index (χ0n) is 16.4. The fourth-order valence-corrected chi connectivity index (χ4v) is 3.20. The van der Waals surface area contributed by atoms with Gasteiger partial charge in [0.25, 0.3) is 11.8 Å². The maximum atomic E-state index is 13.9. The Morgan fingerprint density at radius 3 is 2.46 bits per heavy atom. The van der Waals surface area contributed by atoms with Crippen LogP contribution in [0, 0.1) is 5.82 Å². The maximum absolute atomic E-state index is 13.9. The third-order valence-electron chi connectivity index (χ3n) is 4.45. The van der Waals surface area contributed by atoms with Crippen molar-refractivity contribution in [1.82, 2.24) is 4.90 Å². The summed E-state index contributed by atoms with van der Waals surface area (Å²) in [6.07, 6.45) is 0. The van der Waals surface area contributed by atoms with E-state index in [1.807, 2.05) is 13.8 Å². The lowest BCUT2D eigenvalue weighted by molar-refractivity contribution is -0.885. The molecule has 0 aliphatic carbocycles. The molecular weight excluding hydrogens is 381 g/mol. The van der Waals surface area contributed by atoms with Crippen LogP contribution in [0.4, 0.5) is 10.1 Å². The maximum Gasteiger partial charge on any atom is 0.279 e. The third kappa shape index (κ3) is 5.78. The molecule has 2 rings (SSSR count). The molecule has 0 aliphatic rings. The first-order valence-electron chi connectivity index (χ1n) is 9.29. The van der Waals surface area contributed by atoms with E-state index < -0.39 is 0 Å². The number of amides is 2. The van der Waals surface area contributed by atoms with E-state index in [0.717, 1.165) is 4.90 Å². The van der Waals surface area contributed by atoms with E-state index in [9.17, 15) is 14.0 Å². The van der Waals surface area contributed by atoms with Crippen molar-refractivity contribution in [2.45, 2.75) is 20.4 Å². The molecule has 28 heavy (non-hydrogen) atoms. The standard InChI is InChI=1S/C21H25ClFN3O2/c1-4-26(5-2)21(28)15-8-6-9-16(12-15)24-20(27)14-25(3)13-17-18(22)10-7-11-19(17)23/h6-12H,4-5,13-14H2,1-3H3,(H,24,27)/p+1. The number of nitrogens with one attached hydrogen (secondary N) is 2. The minimum atomic E-state index is -0.380. The molecule has 2 N–H and O–H groups in total. The van der Waals surface area contributed by atoms with Gasteiger partial charge in [-0.1, -0.05) is 23.7 Å². The van der Waals surface area contributed by atoms with E-state index in [4.69, 9.17) is 11.6 Å². The highest BCUT2D eigenvalue weighted by atomic mass is 35.5. The number of anilines is 1. The molecule has 0 spiro atoms. The molecule has 0 fully saturated rings. The van der Waals surface area contributed by atoms with Gasteiger partial charge in [-0.3, -0.25) is 9.59 Å². The number of carbonyl (C=O) groups is 2. The van der Waals surface area contributed by atoms with Gasteiger partial charge in [0.1, 0.15) is 12.4 Å². The number of halogens is 2. The monoisotopic (exact) mass is 406 g/mol. The summed E-state index contributed by atoms with van der Waals surface area (Å²) in [6.45, 7) is 5.52. The number of quaternary nitrogens is 1. The van der Waals surface area contributed by atoms with Crippen LogP contribution in [0.25, 0.3) is 0 Å². The van der Waals surface area contributed by atoms with Gasteiger partial charge in [0.05, 0.1) is 17.6 Å². The molecule has 0 saturated carbocycles.